The number of carboxylic acid groups (broad SMARTS) is 1. The van der Waals surface area contributed by atoms with Crippen molar-refractivity contribution in [1.82, 2.24) is 5.32 Å². The Bertz CT molecular complexity index is 360. The van der Waals surface area contributed by atoms with E-state index in [9.17, 15) is 14.7 Å². The van der Waals surface area contributed by atoms with E-state index in [1.54, 1.807) is 12.2 Å². The highest BCUT2D eigenvalue weighted by atomic mass is 16.4. The number of nitrogens with one attached hydrogen (secondary N) is 1. The Labute approximate surface area is 120 Å². The largest absolute Gasteiger partial charge is 0.481 e. The molecule has 1 fully saturated rings. The first-order valence-electron chi connectivity index (χ1n) is 7.28. The number of amides is 1. The van der Waals surface area contributed by atoms with Gasteiger partial charge in [0, 0.05) is 12.5 Å². The topological polar surface area (TPSA) is 66.4 Å². The van der Waals surface area contributed by atoms with Gasteiger partial charge in [-0.2, -0.15) is 0 Å². The summed E-state index contributed by atoms with van der Waals surface area (Å²) in [5, 5.41) is 12.3. The number of carbonyl (C=O) groups is 2. The monoisotopic (exact) mass is 279 g/mol. The van der Waals surface area contributed by atoms with Crippen LogP contribution in [-0.2, 0) is 9.59 Å². The lowest BCUT2D eigenvalue weighted by molar-refractivity contribution is -0.151. The summed E-state index contributed by atoms with van der Waals surface area (Å²) >= 11 is 0. The fourth-order valence-electron chi connectivity index (χ4n) is 2.81. The third-order valence-corrected chi connectivity index (χ3v) is 4.14. The van der Waals surface area contributed by atoms with E-state index in [1.807, 2.05) is 0 Å². The maximum atomic E-state index is 12.1. The highest BCUT2D eigenvalue weighted by molar-refractivity contribution is 5.81. The minimum Gasteiger partial charge on any atom is -0.481 e. The Kier molecular flexibility index (Phi) is 6.49. The molecule has 0 aromatic heterocycles. The number of aliphatic carboxylic acids is 1. The Balaban J connectivity index is 2.61. The lowest BCUT2D eigenvalue weighted by Gasteiger charge is -2.33. The molecule has 1 amide bonds. The van der Waals surface area contributed by atoms with Crippen LogP contribution in [0.1, 0.15) is 44.9 Å². The molecule has 0 radical (unpaired) electrons. The smallest absolute Gasteiger partial charge is 0.311 e. The first-order chi connectivity index (χ1) is 9.55. The number of carbonyl (C=O) groups excluding carboxylic acids is 1. The van der Waals surface area contributed by atoms with Crippen LogP contribution in [0.3, 0.4) is 0 Å². The Morgan fingerprint density at radius 1 is 1.15 bits per heavy atom. The summed E-state index contributed by atoms with van der Waals surface area (Å²) in [6.45, 7) is 7.53. The predicted molar refractivity (Wildman–Crippen MR) is 79.3 cm³/mol. The van der Waals surface area contributed by atoms with Crippen molar-refractivity contribution in [1.29, 1.82) is 0 Å². The van der Waals surface area contributed by atoms with Crippen LogP contribution in [0.4, 0.5) is 0 Å². The number of carboxylic acids is 1. The van der Waals surface area contributed by atoms with Gasteiger partial charge in [0.05, 0.1) is 5.41 Å². The highest BCUT2D eigenvalue weighted by Gasteiger charge is 2.40. The van der Waals surface area contributed by atoms with Crippen molar-refractivity contribution in [3.63, 3.8) is 0 Å². The predicted octanol–water partition coefficient (Wildman–Crippen LogP) is 2.91. The van der Waals surface area contributed by atoms with Gasteiger partial charge in [0.2, 0.25) is 5.91 Å². The molecule has 1 saturated carbocycles. The zero-order valence-electron chi connectivity index (χ0n) is 12.1. The Morgan fingerprint density at radius 3 is 2.15 bits per heavy atom. The van der Waals surface area contributed by atoms with Crippen molar-refractivity contribution in [3.8, 4) is 0 Å². The third kappa shape index (κ3) is 4.22. The second kappa shape index (κ2) is 7.88. The second-order valence-electron chi connectivity index (χ2n) is 5.61. The summed E-state index contributed by atoms with van der Waals surface area (Å²) in [5.41, 5.74) is -0.777. The first kappa shape index (κ1) is 16.5. The summed E-state index contributed by atoms with van der Waals surface area (Å²) in [6.07, 6.45) is 8.80. The van der Waals surface area contributed by atoms with Crippen LogP contribution in [0.5, 0.6) is 0 Å². The van der Waals surface area contributed by atoms with Crippen LogP contribution in [0.25, 0.3) is 0 Å². The number of hydrogen-bond donors (Lipinski definition) is 2. The van der Waals surface area contributed by atoms with E-state index in [4.69, 9.17) is 0 Å². The van der Waals surface area contributed by atoms with Crippen LogP contribution in [-0.4, -0.2) is 23.5 Å². The van der Waals surface area contributed by atoms with Crippen molar-refractivity contribution in [2.45, 2.75) is 44.9 Å². The molecule has 20 heavy (non-hydrogen) atoms. The minimum atomic E-state index is -0.790. The number of allylic oxidation sites excluding steroid dienone is 2. The van der Waals surface area contributed by atoms with Gasteiger partial charge in [-0.15, -0.1) is 13.2 Å². The molecule has 1 rings (SSSR count). The van der Waals surface area contributed by atoms with E-state index in [2.05, 4.69) is 18.5 Å². The molecular formula is C16H25NO3. The zero-order valence-corrected chi connectivity index (χ0v) is 12.1. The van der Waals surface area contributed by atoms with E-state index in [-0.39, 0.29) is 18.4 Å². The molecular weight excluding hydrogens is 254 g/mol. The molecule has 1 aliphatic carbocycles. The zero-order chi connectivity index (χ0) is 15.0. The van der Waals surface area contributed by atoms with E-state index in [1.165, 1.54) is 0 Å². The van der Waals surface area contributed by atoms with Gasteiger partial charge < -0.3 is 10.4 Å². The van der Waals surface area contributed by atoms with Gasteiger partial charge in [0.1, 0.15) is 0 Å². The van der Waals surface area contributed by atoms with E-state index in [0.717, 1.165) is 19.3 Å². The fourth-order valence-corrected chi connectivity index (χ4v) is 2.81. The molecule has 112 valence electrons. The molecule has 2 N–H and O–H groups in total. The molecule has 0 aromatic rings. The Morgan fingerprint density at radius 2 is 1.70 bits per heavy atom. The number of rotatable bonds is 8. The average molecular weight is 279 g/mol. The molecule has 0 saturated heterocycles. The van der Waals surface area contributed by atoms with Gasteiger partial charge in [-0.05, 0) is 25.7 Å². The molecule has 4 heteroatoms. The van der Waals surface area contributed by atoms with Gasteiger partial charge in [0.15, 0.2) is 0 Å². The van der Waals surface area contributed by atoms with Crippen LogP contribution >= 0.6 is 0 Å². The maximum absolute atomic E-state index is 12.1. The molecule has 4 nitrogen and oxygen atoms in total. The summed E-state index contributed by atoms with van der Waals surface area (Å²) in [6, 6.07) is 0. The molecule has 0 atom stereocenters. The average Bonchev–Trinajstić information content (AvgIpc) is 2.45. The molecule has 0 bridgehead atoms. The van der Waals surface area contributed by atoms with E-state index in [0.29, 0.717) is 25.7 Å². The van der Waals surface area contributed by atoms with Crippen molar-refractivity contribution in [3.05, 3.63) is 25.3 Å². The first-order valence-corrected chi connectivity index (χ1v) is 7.28. The second-order valence-corrected chi connectivity index (χ2v) is 5.61. The number of hydrogen-bond acceptors (Lipinski definition) is 2. The van der Waals surface area contributed by atoms with Gasteiger partial charge in [0.25, 0.3) is 0 Å². The molecule has 0 aromatic carbocycles. The minimum absolute atomic E-state index is 0.101. The van der Waals surface area contributed by atoms with Gasteiger partial charge in [-0.3, -0.25) is 9.59 Å². The molecule has 1 aliphatic rings. The summed E-state index contributed by atoms with van der Waals surface area (Å²) in [5.74, 6) is -1.09. The Hall–Kier alpha value is -1.58. The van der Waals surface area contributed by atoms with Crippen molar-refractivity contribution < 1.29 is 14.7 Å². The van der Waals surface area contributed by atoms with Crippen LogP contribution < -0.4 is 5.32 Å². The summed E-state index contributed by atoms with van der Waals surface area (Å²) in [7, 11) is 0. The molecule has 0 heterocycles. The SMILES string of the molecule is C=CCC(CC=C)C(=O)NCC1(C(=O)O)CCCCC1. The van der Waals surface area contributed by atoms with Crippen LogP contribution in [0, 0.1) is 11.3 Å². The van der Waals surface area contributed by atoms with Gasteiger partial charge >= 0.3 is 5.97 Å². The van der Waals surface area contributed by atoms with E-state index >= 15 is 0 Å². The summed E-state index contributed by atoms with van der Waals surface area (Å²) in [4.78, 5) is 23.7. The van der Waals surface area contributed by atoms with Gasteiger partial charge in [-0.1, -0.05) is 31.4 Å². The van der Waals surface area contributed by atoms with Crippen LogP contribution in [0.2, 0.25) is 0 Å². The van der Waals surface area contributed by atoms with Crippen LogP contribution in [0.15, 0.2) is 25.3 Å². The highest BCUT2D eigenvalue weighted by Crippen LogP contribution is 2.36. The van der Waals surface area contributed by atoms with Gasteiger partial charge in [-0.25, -0.2) is 0 Å². The van der Waals surface area contributed by atoms with Crippen molar-refractivity contribution >= 4 is 11.9 Å². The fraction of sp³-hybridized carbons (Fsp3) is 0.625. The lowest BCUT2D eigenvalue weighted by Crippen LogP contribution is -2.45. The van der Waals surface area contributed by atoms with Crippen molar-refractivity contribution in [2.24, 2.45) is 11.3 Å². The standard InChI is InChI=1S/C16H25NO3/c1-3-8-13(9-4-2)14(18)17-12-16(15(19)20)10-6-5-7-11-16/h3-4,13H,1-2,5-12H2,(H,17,18)(H,19,20). The molecule has 0 aliphatic heterocycles. The summed E-state index contributed by atoms with van der Waals surface area (Å²) < 4.78 is 0. The quantitative estimate of drug-likeness (QED) is 0.671. The lowest BCUT2D eigenvalue weighted by atomic mass is 9.74. The molecule has 0 spiro atoms. The van der Waals surface area contributed by atoms with E-state index < -0.39 is 11.4 Å². The van der Waals surface area contributed by atoms with Crippen molar-refractivity contribution in [2.75, 3.05) is 6.54 Å². The molecule has 0 unspecified atom stereocenters. The normalized spacial score (nSPS) is 17.4. The third-order valence-electron chi connectivity index (χ3n) is 4.14. The maximum Gasteiger partial charge on any atom is 0.311 e.